The Kier molecular flexibility index (Phi) is 5.41. The van der Waals surface area contributed by atoms with Gasteiger partial charge in [0.25, 0.3) is 0 Å². The molecule has 4 heteroatoms. The van der Waals surface area contributed by atoms with Crippen LogP contribution in [0.15, 0.2) is 41.8 Å². The van der Waals surface area contributed by atoms with E-state index in [2.05, 4.69) is 48.9 Å². The van der Waals surface area contributed by atoms with Crippen molar-refractivity contribution < 1.29 is 4.74 Å². The van der Waals surface area contributed by atoms with E-state index in [9.17, 15) is 0 Å². The van der Waals surface area contributed by atoms with Crippen LogP contribution in [0.25, 0.3) is 0 Å². The highest BCUT2D eigenvalue weighted by Gasteiger charge is 2.08. The molecule has 0 aliphatic rings. The molecule has 1 aromatic carbocycles. The highest BCUT2D eigenvalue weighted by molar-refractivity contribution is 7.99. The van der Waals surface area contributed by atoms with Gasteiger partial charge >= 0.3 is 0 Å². The number of thioether (sulfide) groups is 1. The van der Waals surface area contributed by atoms with Crippen molar-refractivity contribution in [3.8, 4) is 5.75 Å². The van der Waals surface area contributed by atoms with Gasteiger partial charge in [-0.3, -0.25) is 0 Å². The third-order valence-corrected chi connectivity index (χ3v) is 3.75. The van der Waals surface area contributed by atoms with Gasteiger partial charge in [-0.1, -0.05) is 37.7 Å². The lowest BCUT2D eigenvalue weighted by Gasteiger charge is -2.14. The molecule has 2 rings (SSSR count). The van der Waals surface area contributed by atoms with Crippen LogP contribution < -0.4 is 4.74 Å². The Morgan fingerprint density at radius 2 is 1.95 bits per heavy atom. The monoisotopic (exact) mass is 288 g/mol. The second kappa shape index (κ2) is 7.29. The Morgan fingerprint density at radius 3 is 2.65 bits per heavy atom. The third kappa shape index (κ3) is 4.23. The van der Waals surface area contributed by atoms with Crippen LogP contribution >= 0.6 is 11.8 Å². The van der Waals surface area contributed by atoms with Crippen molar-refractivity contribution in [3.05, 3.63) is 47.8 Å². The minimum atomic E-state index is 0.468. The van der Waals surface area contributed by atoms with Crippen LogP contribution in [0.3, 0.4) is 0 Å². The van der Waals surface area contributed by atoms with E-state index >= 15 is 0 Å². The van der Waals surface area contributed by atoms with Gasteiger partial charge in [0.1, 0.15) is 5.75 Å². The van der Waals surface area contributed by atoms with Crippen LogP contribution in [-0.2, 0) is 0 Å². The molecule has 0 N–H and O–H groups in total. The fourth-order valence-electron chi connectivity index (χ4n) is 1.89. The van der Waals surface area contributed by atoms with Crippen LogP contribution in [-0.4, -0.2) is 22.3 Å². The normalized spacial score (nSPS) is 10.8. The molecule has 0 amide bonds. The molecule has 0 saturated heterocycles. The maximum atomic E-state index is 5.92. The van der Waals surface area contributed by atoms with Crippen molar-refractivity contribution in [3.63, 3.8) is 0 Å². The first-order valence-electron chi connectivity index (χ1n) is 6.80. The zero-order valence-corrected chi connectivity index (χ0v) is 13.0. The first-order valence-corrected chi connectivity index (χ1v) is 7.78. The molecule has 3 nitrogen and oxygen atoms in total. The lowest BCUT2D eigenvalue weighted by atomic mass is 10.0. The minimum absolute atomic E-state index is 0.468. The highest BCUT2D eigenvalue weighted by Crippen LogP contribution is 2.27. The number of aryl methyl sites for hydroxylation is 1. The number of hydrogen-bond donors (Lipinski definition) is 0. The Balaban J connectivity index is 1.89. The summed E-state index contributed by atoms with van der Waals surface area (Å²) in [6, 6.07) is 8.22. The molecule has 0 atom stereocenters. The molecular weight excluding hydrogens is 268 g/mol. The fraction of sp³-hybridized carbons (Fsp3) is 0.375. The van der Waals surface area contributed by atoms with Gasteiger partial charge < -0.3 is 4.74 Å². The lowest BCUT2D eigenvalue weighted by Crippen LogP contribution is -2.04. The number of rotatable bonds is 6. The topological polar surface area (TPSA) is 35.0 Å². The molecule has 0 aliphatic carbocycles. The summed E-state index contributed by atoms with van der Waals surface area (Å²) in [7, 11) is 0. The zero-order chi connectivity index (χ0) is 14.4. The Hall–Kier alpha value is -1.55. The van der Waals surface area contributed by atoms with E-state index in [0.717, 1.165) is 16.7 Å². The average Bonchev–Trinajstić information content (AvgIpc) is 2.44. The van der Waals surface area contributed by atoms with Gasteiger partial charge in [-0.05, 0) is 36.1 Å². The van der Waals surface area contributed by atoms with Gasteiger partial charge in [0, 0.05) is 18.1 Å². The van der Waals surface area contributed by atoms with Crippen molar-refractivity contribution in [1.82, 2.24) is 9.97 Å². The minimum Gasteiger partial charge on any atom is -0.492 e. The summed E-state index contributed by atoms with van der Waals surface area (Å²) in [5.41, 5.74) is 2.49. The summed E-state index contributed by atoms with van der Waals surface area (Å²) in [5.74, 6) is 2.31. The van der Waals surface area contributed by atoms with E-state index in [4.69, 9.17) is 4.74 Å². The summed E-state index contributed by atoms with van der Waals surface area (Å²) in [4.78, 5) is 8.36. The van der Waals surface area contributed by atoms with Gasteiger partial charge in [0.2, 0.25) is 0 Å². The molecule has 2 aromatic rings. The molecule has 1 heterocycles. The van der Waals surface area contributed by atoms with Crippen LogP contribution in [0, 0.1) is 6.92 Å². The summed E-state index contributed by atoms with van der Waals surface area (Å²) >= 11 is 1.61. The molecular formula is C16H20N2OS. The van der Waals surface area contributed by atoms with E-state index in [-0.39, 0.29) is 0 Å². The molecule has 0 spiro atoms. The summed E-state index contributed by atoms with van der Waals surface area (Å²) in [6.07, 6.45) is 3.52. The summed E-state index contributed by atoms with van der Waals surface area (Å²) in [6.45, 7) is 7.11. The van der Waals surface area contributed by atoms with Gasteiger partial charge in [-0.2, -0.15) is 0 Å². The molecule has 0 radical (unpaired) electrons. The largest absolute Gasteiger partial charge is 0.492 e. The number of hydrogen-bond acceptors (Lipinski definition) is 4. The van der Waals surface area contributed by atoms with Crippen LogP contribution in [0.2, 0.25) is 0 Å². The van der Waals surface area contributed by atoms with Crippen molar-refractivity contribution in [2.45, 2.75) is 31.8 Å². The maximum absolute atomic E-state index is 5.92. The zero-order valence-electron chi connectivity index (χ0n) is 12.2. The summed E-state index contributed by atoms with van der Waals surface area (Å²) < 4.78 is 5.92. The first-order chi connectivity index (χ1) is 9.66. The van der Waals surface area contributed by atoms with Gasteiger partial charge in [0.15, 0.2) is 5.16 Å². The van der Waals surface area contributed by atoms with E-state index in [1.54, 1.807) is 24.2 Å². The van der Waals surface area contributed by atoms with E-state index < -0.39 is 0 Å². The van der Waals surface area contributed by atoms with Crippen LogP contribution in [0.5, 0.6) is 5.75 Å². The quantitative estimate of drug-likeness (QED) is 0.456. The Bertz CT molecular complexity index is 543. The molecule has 0 unspecified atom stereocenters. The van der Waals surface area contributed by atoms with E-state index in [1.807, 2.05) is 6.07 Å². The summed E-state index contributed by atoms with van der Waals surface area (Å²) in [5, 5.41) is 0.796. The standard InChI is InChI=1S/C16H20N2OS/c1-12(2)14-6-5-13(3)11-15(14)19-9-10-20-16-17-7-4-8-18-16/h4-8,11-12H,9-10H2,1-3H3. The highest BCUT2D eigenvalue weighted by atomic mass is 32.2. The molecule has 0 bridgehead atoms. The molecule has 1 aromatic heterocycles. The second-order valence-electron chi connectivity index (χ2n) is 4.92. The molecule has 0 fully saturated rings. The smallest absolute Gasteiger partial charge is 0.187 e. The third-order valence-electron chi connectivity index (χ3n) is 2.91. The molecule has 20 heavy (non-hydrogen) atoms. The van der Waals surface area contributed by atoms with Gasteiger partial charge in [0.05, 0.1) is 6.61 Å². The van der Waals surface area contributed by atoms with Crippen molar-refractivity contribution >= 4 is 11.8 Å². The fourth-order valence-corrected chi connectivity index (χ4v) is 2.51. The first kappa shape index (κ1) is 14.9. The predicted molar refractivity (Wildman–Crippen MR) is 83.5 cm³/mol. The van der Waals surface area contributed by atoms with E-state index in [1.165, 1.54) is 11.1 Å². The van der Waals surface area contributed by atoms with Gasteiger partial charge in [-0.25, -0.2) is 9.97 Å². The Labute approximate surface area is 124 Å². The molecule has 0 aliphatic heterocycles. The lowest BCUT2D eigenvalue weighted by molar-refractivity contribution is 0.338. The number of aromatic nitrogens is 2. The average molecular weight is 288 g/mol. The van der Waals surface area contributed by atoms with Crippen molar-refractivity contribution in [2.24, 2.45) is 0 Å². The molecule has 106 valence electrons. The number of nitrogens with zero attached hydrogens (tertiary/aromatic N) is 2. The Morgan fingerprint density at radius 1 is 1.20 bits per heavy atom. The maximum Gasteiger partial charge on any atom is 0.187 e. The van der Waals surface area contributed by atoms with E-state index in [0.29, 0.717) is 12.5 Å². The predicted octanol–water partition coefficient (Wildman–Crippen LogP) is 4.08. The number of benzene rings is 1. The number of ether oxygens (including phenoxy) is 1. The van der Waals surface area contributed by atoms with Crippen molar-refractivity contribution in [1.29, 1.82) is 0 Å². The van der Waals surface area contributed by atoms with Gasteiger partial charge in [-0.15, -0.1) is 0 Å². The SMILES string of the molecule is Cc1ccc(C(C)C)c(OCCSc2ncccn2)c1. The van der Waals surface area contributed by atoms with Crippen molar-refractivity contribution in [2.75, 3.05) is 12.4 Å². The molecule has 0 saturated carbocycles. The van der Waals surface area contributed by atoms with Crippen LogP contribution in [0.1, 0.15) is 30.9 Å². The second-order valence-corrected chi connectivity index (χ2v) is 5.99. The van der Waals surface area contributed by atoms with Crippen LogP contribution in [0.4, 0.5) is 0 Å².